The van der Waals surface area contributed by atoms with Gasteiger partial charge < -0.3 is 27.8 Å². The van der Waals surface area contributed by atoms with Gasteiger partial charge in [0.05, 0.1) is 44.8 Å². The highest BCUT2D eigenvalue weighted by atomic mass is 16.3. The van der Waals surface area contributed by atoms with E-state index in [9.17, 15) is 0 Å². The molecule has 0 atom stereocenters. The van der Waals surface area contributed by atoms with Crippen molar-refractivity contribution in [2.24, 2.45) is 0 Å². The minimum Gasteiger partial charge on any atom is -0.455 e. The zero-order valence-corrected chi connectivity index (χ0v) is 68.6. The van der Waals surface area contributed by atoms with E-state index in [1.165, 1.54) is 54.7 Å². The summed E-state index contributed by atoms with van der Waals surface area (Å²) in [5.41, 5.74) is 36.2. The molecule has 0 bridgehead atoms. The molecule has 0 radical (unpaired) electrons. The average molecular weight is 1610 g/mol. The van der Waals surface area contributed by atoms with Gasteiger partial charge in [0.2, 0.25) is 0 Å². The number of furan rings is 2. The Bertz CT molecular complexity index is 8230. The molecule has 6 heteroatoms. The number of fused-ring (bicyclic) bond motifs is 12. The van der Waals surface area contributed by atoms with Crippen molar-refractivity contribution in [1.29, 1.82) is 0 Å². The zero-order chi connectivity index (χ0) is 83.1. The van der Waals surface area contributed by atoms with E-state index in [0.717, 1.165) is 178 Å². The minimum absolute atomic E-state index is 0.824. The molecule has 0 saturated carbocycles. The molecule has 0 saturated heterocycles. The molecule has 4 heterocycles. The monoisotopic (exact) mass is 1610 g/mol. The van der Waals surface area contributed by atoms with Crippen LogP contribution in [-0.4, -0.2) is 9.13 Å². The summed E-state index contributed by atoms with van der Waals surface area (Å²) in [6, 6.07) is 172. The highest BCUT2D eigenvalue weighted by molar-refractivity contribution is 6.16. The fraction of sp³-hybridized carbons (Fsp3) is 0. The third-order valence-corrected chi connectivity index (χ3v) is 25.4. The second kappa shape index (κ2) is 30.7. The highest BCUT2D eigenvalue weighted by Gasteiger charge is 2.27. The number of nitrogens with zero attached hydrogens (tertiary/aromatic N) is 4. The van der Waals surface area contributed by atoms with Crippen molar-refractivity contribution in [3.63, 3.8) is 0 Å². The molecule has 6 nitrogen and oxygen atoms in total. The predicted octanol–water partition coefficient (Wildman–Crippen LogP) is 33.6. The van der Waals surface area contributed by atoms with Crippen LogP contribution in [0.4, 0.5) is 34.1 Å². The van der Waals surface area contributed by atoms with Crippen molar-refractivity contribution in [3.8, 4) is 112 Å². The van der Waals surface area contributed by atoms with Crippen LogP contribution in [0, 0.1) is 0 Å². The first-order valence-corrected chi connectivity index (χ1v) is 43.1. The summed E-state index contributed by atoms with van der Waals surface area (Å²) in [6.45, 7) is 0. The van der Waals surface area contributed by atoms with Gasteiger partial charge in [0, 0.05) is 105 Å². The lowest BCUT2D eigenvalue weighted by molar-refractivity contribution is 0.670. The lowest BCUT2D eigenvalue weighted by Gasteiger charge is -2.28. The molecule has 0 amide bonds. The van der Waals surface area contributed by atoms with Gasteiger partial charge in [0.1, 0.15) is 22.3 Å². The predicted molar refractivity (Wildman–Crippen MR) is 528 cm³/mol. The topological polar surface area (TPSA) is 42.6 Å². The summed E-state index contributed by atoms with van der Waals surface area (Å²) in [5.74, 6) is 0. The number of anilines is 6. The maximum atomic E-state index is 7.45. The van der Waals surface area contributed by atoms with E-state index < -0.39 is 0 Å². The molecule has 0 unspecified atom stereocenters. The quantitative estimate of drug-likeness (QED) is 0.0911. The van der Waals surface area contributed by atoms with Gasteiger partial charge in [-0.05, 0) is 176 Å². The van der Waals surface area contributed by atoms with Crippen LogP contribution in [0.3, 0.4) is 0 Å². The third kappa shape index (κ3) is 12.6. The van der Waals surface area contributed by atoms with Crippen LogP contribution in [-0.2, 0) is 0 Å². The molecule has 0 aliphatic rings. The summed E-state index contributed by atoms with van der Waals surface area (Å²) in [6.07, 6.45) is 0. The summed E-state index contributed by atoms with van der Waals surface area (Å²) >= 11 is 0. The van der Waals surface area contributed by atoms with Gasteiger partial charge >= 0.3 is 0 Å². The first kappa shape index (κ1) is 73.1. The van der Waals surface area contributed by atoms with Crippen molar-refractivity contribution >= 4 is 122 Å². The second-order valence-corrected chi connectivity index (χ2v) is 32.5. The Morgan fingerprint density at radius 3 is 0.937 bits per heavy atom. The second-order valence-electron chi connectivity index (χ2n) is 32.5. The fourth-order valence-corrected chi connectivity index (χ4v) is 19.5. The molecule has 0 N–H and O–H groups in total. The van der Waals surface area contributed by atoms with E-state index in [1.54, 1.807) is 0 Å². The average Bonchev–Trinajstić information content (AvgIpc) is 1.56. The Morgan fingerprint density at radius 2 is 0.452 bits per heavy atom. The van der Waals surface area contributed by atoms with Gasteiger partial charge in [-0.2, -0.15) is 0 Å². The van der Waals surface area contributed by atoms with Crippen LogP contribution in [0.5, 0.6) is 0 Å². The van der Waals surface area contributed by atoms with Crippen LogP contribution in [0.15, 0.2) is 482 Å². The summed E-state index contributed by atoms with van der Waals surface area (Å²) < 4.78 is 19.1. The first-order valence-electron chi connectivity index (χ1n) is 43.1. The number of hydrogen-bond acceptors (Lipinski definition) is 4. The van der Waals surface area contributed by atoms with E-state index >= 15 is 0 Å². The first-order chi connectivity index (χ1) is 62.5. The van der Waals surface area contributed by atoms with Crippen molar-refractivity contribution in [2.75, 3.05) is 9.80 Å². The molecular formula is C120H78N4O2. The van der Waals surface area contributed by atoms with Gasteiger partial charge in [0.25, 0.3) is 0 Å². The number of hydrogen-bond donors (Lipinski definition) is 0. The van der Waals surface area contributed by atoms with Crippen LogP contribution in [0.25, 0.3) is 199 Å². The van der Waals surface area contributed by atoms with E-state index in [-0.39, 0.29) is 0 Å². The number of aromatic nitrogens is 2. The molecule has 0 spiro atoms. The van der Waals surface area contributed by atoms with Crippen LogP contribution >= 0.6 is 0 Å². The Kier molecular flexibility index (Phi) is 17.8. The Labute approximate surface area is 729 Å². The van der Waals surface area contributed by atoms with Crippen LogP contribution < -0.4 is 9.80 Å². The maximum absolute atomic E-state index is 7.45. The Hall–Kier alpha value is -16.8. The molecule has 0 aliphatic heterocycles. The summed E-state index contributed by atoms with van der Waals surface area (Å²) in [7, 11) is 0. The highest BCUT2D eigenvalue weighted by Crippen LogP contribution is 2.51. The minimum atomic E-state index is 0.824. The smallest absolute Gasteiger partial charge is 0.143 e. The van der Waals surface area contributed by atoms with Gasteiger partial charge in [-0.3, -0.25) is 0 Å². The van der Waals surface area contributed by atoms with Crippen molar-refractivity contribution in [1.82, 2.24) is 9.13 Å². The molecule has 126 heavy (non-hydrogen) atoms. The third-order valence-electron chi connectivity index (χ3n) is 25.4. The Balaban J connectivity index is 0.581. The normalized spacial score (nSPS) is 11.7. The van der Waals surface area contributed by atoms with Crippen LogP contribution in [0.2, 0.25) is 0 Å². The number of benzene rings is 20. The SMILES string of the molecule is c1ccc(-c2ccc(-c3ccc(N(c4ccc(-c5ccccc5-n5c6ccccc6c6ccccc65)cc4)c4ccccc4-c4cccc5c4oc4c(-c6cccc(-c7cccc(-c8cccc(N(c9ccc(-c%10ccccc%10-n%10c%11ccccc%11c%11ccccc%11%10)cc9)c9ccccc9-c9cccc%10c9oc9ccccc9%10)c8)c7)c6)cccc45)cc3)cc2)cc1. The number of rotatable bonds is 17. The fourth-order valence-electron chi connectivity index (χ4n) is 19.5. The van der Waals surface area contributed by atoms with E-state index in [4.69, 9.17) is 8.83 Å². The van der Waals surface area contributed by atoms with Crippen molar-refractivity contribution < 1.29 is 8.83 Å². The number of para-hydroxylation sites is 12. The molecule has 20 aromatic carbocycles. The molecule has 24 rings (SSSR count). The van der Waals surface area contributed by atoms with Crippen molar-refractivity contribution in [3.05, 3.63) is 473 Å². The lowest BCUT2D eigenvalue weighted by Crippen LogP contribution is -2.11. The standard InChI is InChI=1S/C120H78N4O2/c1-2-28-79(29-3-1)80-60-62-81(63-61-80)82-64-70-90(71-65-82)121(91-72-66-83(67-73-91)94-36-4-13-51-109(94)123-113-55-17-6-38-97(113)98-39-7-18-56-114(98)123)111-53-15-10-43-102(111)105-47-27-50-108-107-49-25-45-96(118(107)126-120(105)108)89-34-23-32-87(77-89)85-30-22-31-86(76-85)88-33-24-35-93(78-88)122(112-54-16-11-42-101(112)104-46-26-48-106-103-44-12-21-59-117(103)125-119(104)106)92-74-68-84(69-75-92)95-37-5-14-52-110(95)124-115-57-19-8-40-99(115)100-41-9-20-58-116(100)124/h1-78H. The van der Waals surface area contributed by atoms with Gasteiger partial charge in [-0.15, -0.1) is 0 Å². The van der Waals surface area contributed by atoms with Gasteiger partial charge in [-0.1, -0.05) is 358 Å². The molecular weight excluding hydrogens is 1530 g/mol. The maximum Gasteiger partial charge on any atom is 0.143 e. The Morgan fingerprint density at radius 1 is 0.159 bits per heavy atom. The van der Waals surface area contributed by atoms with Crippen molar-refractivity contribution in [2.45, 2.75) is 0 Å². The largest absolute Gasteiger partial charge is 0.455 e. The van der Waals surface area contributed by atoms with Crippen LogP contribution in [0.1, 0.15) is 0 Å². The summed E-state index contributed by atoms with van der Waals surface area (Å²) in [5, 5.41) is 9.21. The molecule has 590 valence electrons. The van der Waals surface area contributed by atoms with E-state index in [1.807, 2.05) is 6.07 Å². The molecule has 0 aliphatic carbocycles. The molecule has 0 fully saturated rings. The molecule has 24 aromatic rings. The lowest BCUT2D eigenvalue weighted by atomic mass is 9.95. The zero-order valence-electron chi connectivity index (χ0n) is 68.6. The molecule has 4 aromatic heterocycles. The van der Waals surface area contributed by atoms with Gasteiger partial charge in [-0.25, -0.2) is 0 Å². The van der Waals surface area contributed by atoms with E-state index in [0.29, 0.717) is 0 Å². The van der Waals surface area contributed by atoms with Gasteiger partial charge in [0.15, 0.2) is 0 Å². The van der Waals surface area contributed by atoms with E-state index in [2.05, 4.69) is 486 Å². The summed E-state index contributed by atoms with van der Waals surface area (Å²) in [4.78, 5) is 4.81.